The summed E-state index contributed by atoms with van der Waals surface area (Å²) in [7, 11) is 1.87. The van der Waals surface area contributed by atoms with E-state index in [1.54, 1.807) is 18.2 Å². The third kappa shape index (κ3) is 3.84. The van der Waals surface area contributed by atoms with Crippen molar-refractivity contribution in [3.63, 3.8) is 0 Å². The van der Waals surface area contributed by atoms with Crippen LogP contribution in [0.4, 0.5) is 8.78 Å². The topological polar surface area (TPSA) is 38.5 Å². The van der Waals surface area contributed by atoms with Gasteiger partial charge in [0, 0.05) is 12.1 Å². The van der Waals surface area contributed by atoms with Gasteiger partial charge in [-0.25, -0.2) is 4.98 Å². The number of nitrogens with zero attached hydrogens (tertiary/aromatic N) is 2. The minimum atomic E-state index is -2.83. The maximum absolute atomic E-state index is 12.4. The van der Waals surface area contributed by atoms with Gasteiger partial charge in [-0.1, -0.05) is 30.3 Å². The molecule has 3 aromatic rings. The smallest absolute Gasteiger partial charge is 0.387 e. The summed E-state index contributed by atoms with van der Waals surface area (Å²) in [5.41, 5.74) is 2.22. The predicted molar refractivity (Wildman–Crippen MR) is 82.3 cm³/mol. The van der Waals surface area contributed by atoms with E-state index in [-0.39, 0.29) is 5.75 Å². The second-order valence-electron chi connectivity index (χ2n) is 5.23. The molecule has 4 nitrogen and oxygen atoms in total. The number of benzene rings is 2. The average Bonchev–Trinajstić information content (AvgIpc) is 2.90. The summed E-state index contributed by atoms with van der Waals surface area (Å²) in [6, 6.07) is 14.3. The molecule has 0 aliphatic heterocycles. The number of ether oxygens (including phenoxy) is 1. The van der Waals surface area contributed by atoms with Crippen molar-refractivity contribution >= 4 is 11.1 Å². The lowest BCUT2D eigenvalue weighted by Crippen LogP contribution is -2.18. The Hall–Kier alpha value is -2.47. The van der Waals surface area contributed by atoms with Crippen LogP contribution in [0.5, 0.6) is 5.75 Å². The first kappa shape index (κ1) is 15.4. The highest BCUT2D eigenvalue weighted by molar-refractivity contribution is 5.72. The Morgan fingerprint density at radius 3 is 2.61 bits per heavy atom. The van der Waals surface area contributed by atoms with Gasteiger partial charge in [-0.05, 0) is 25.2 Å². The van der Waals surface area contributed by atoms with Crippen LogP contribution in [-0.2, 0) is 13.1 Å². The van der Waals surface area contributed by atoms with Crippen molar-refractivity contribution < 1.29 is 17.9 Å². The van der Waals surface area contributed by atoms with Crippen LogP contribution in [0.1, 0.15) is 11.5 Å². The maximum Gasteiger partial charge on any atom is 0.387 e. The van der Waals surface area contributed by atoms with Gasteiger partial charge in [-0.15, -0.1) is 0 Å². The zero-order chi connectivity index (χ0) is 16.2. The van der Waals surface area contributed by atoms with E-state index in [4.69, 9.17) is 4.42 Å². The summed E-state index contributed by atoms with van der Waals surface area (Å²) in [6.45, 7) is -1.92. The molecule has 6 heteroatoms. The van der Waals surface area contributed by atoms with Crippen molar-refractivity contribution in [2.45, 2.75) is 19.7 Å². The van der Waals surface area contributed by atoms with Crippen molar-refractivity contribution in [2.75, 3.05) is 7.05 Å². The molecule has 0 aliphatic carbocycles. The number of alkyl halides is 2. The first-order chi connectivity index (χ1) is 11.1. The molecule has 23 heavy (non-hydrogen) atoms. The third-order valence-corrected chi connectivity index (χ3v) is 3.37. The highest BCUT2D eigenvalue weighted by atomic mass is 19.3. The van der Waals surface area contributed by atoms with Gasteiger partial charge in [0.2, 0.25) is 5.89 Å². The molecule has 0 unspecified atom stereocenters. The zero-order valence-electron chi connectivity index (χ0n) is 12.6. The van der Waals surface area contributed by atoms with E-state index in [0.717, 1.165) is 11.1 Å². The molecule has 0 saturated heterocycles. The molecule has 0 fully saturated rings. The maximum atomic E-state index is 12.4. The van der Waals surface area contributed by atoms with Gasteiger partial charge < -0.3 is 9.15 Å². The van der Waals surface area contributed by atoms with Gasteiger partial charge in [0.25, 0.3) is 0 Å². The van der Waals surface area contributed by atoms with Crippen molar-refractivity contribution in [2.24, 2.45) is 0 Å². The highest BCUT2D eigenvalue weighted by Crippen LogP contribution is 2.22. The number of rotatable bonds is 6. The van der Waals surface area contributed by atoms with Crippen LogP contribution in [0.25, 0.3) is 11.1 Å². The summed E-state index contributed by atoms with van der Waals surface area (Å²) < 4.78 is 35.1. The van der Waals surface area contributed by atoms with E-state index < -0.39 is 6.61 Å². The van der Waals surface area contributed by atoms with Crippen LogP contribution >= 0.6 is 0 Å². The van der Waals surface area contributed by atoms with Crippen LogP contribution in [0.3, 0.4) is 0 Å². The molecule has 0 saturated carbocycles. The summed E-state index contributed by atoms with van der Waals surface area (Å²) >= 11 is 0. The van der Waals surface area contributed by atoms with E-state index in [2.05, 4.69) is 9.72 Å². The monoisotopic (exact) mass is 318 g/mol. The number of halogens is 2. The lowest BCUT2D eigenvalue weighted by Gasteiger charge is -2.17. The first-order valence-corrected chi connectivity index (χ1v) is 7.17. The van der Waals surface area contributed by atoms with E-state index >= 15 is 0 Å². The van der Waals surface area contributed by atoms with E-state index in [1.807, 2.05) is 36.2 Å². The van der Waals surface area contributed by atoms with Crippen molar-refractivity contribution in [3.05, 3.63) is 60.0 Å². The lowest BCUT2D eigenvalue weighted by molar-refractivity contribution is -0.0507. The molecule has 0 amide bonds. The van der Waals surface area contributed by atoms with Crippen molar-refractivity contribution in [1.29, 1.82) is 0 Å². The van der Waals surface area contributed by atoms with Gasteiger partial charge >= 0.3 is 6.61 Å². The number of aromatic nitrogens is 1. The SMILES string of the molecule is CN(Cc1nc2ccccc2o1)Cc1ccccc1OC(F)F. The first-order valence-electron chi connectivity index (χ1n) is 7.17. The summed E-state index contributed by atoms with van der Waals surface area (Å²) in [4.78, 5) is 6.33. The second-order valence-corrected chi connectivity index (χ2v) is 5.23. The Morgan fingerprint density at radius 1 is 1.09 bits per heavy atom. The van der Waals surface area contributed by atoms with Crippen LogP contribution < -0.4 is 4.74 Å². The molecule has 3 rings (SSSR count). The minimum Gasteiger partial charge on any atom is -0.439 e. The van der Waals surface area contributed by atoms with Gasteiger partial charge in [-0.3, -0.25) is 4.90 Å². The number of fused-ring (bicyclic) bond motifs is 1. The van der Waals surface area contributed by atoms with Crippen LogP contribution in [0.15, 0.2) is 52.9 Å². The van der Waals surface area contributed by atoms with Gasteiger partial charge in [0.05, 0.1) is 6.54 Å². The minimum absolute atomic E-state index is 0.187. The number of hydrogen-bond donors (Lipinski definition) is 0. The Labute approximate surface area is 132 Å². The van der Waals surface area contributed by atoms with Gasteiger partial charge in [-0.2, -0.15) is 8.78 Å². The Balaban J connectivity index is 1.70. The molecular weight excluding hydrogens is 302 g/mol. The normalized spacial score (nSPS) is 11.5. The van der Waals surface area contributed by atoms with E-state index in [0.29, 0.717) is 24.5 Å². The summed E-state index contributed by atoms with van der Waals surface area (Å²) in [5, 5.41) is 0. The highest BCUT2D eigenvalue weighted by Gasteiger charge is 2.13. The number of oxazole rings is 1. The Morgan fingerprint density at radius 2 is 1.83 bits per heavy atom. The molecule has 0 aliphatic rings. The van der Waals surface area contributed by atoms with Crippen LogP contribution in [-0.4, -0.2) is 23.5 Å². The molecule has 0 spiro atoms. The Bertz CT molecular complexity index is 756. The molecule has 0 N–H and O–H groups in total. The summed E-state index contributed by atoms with van der Waals surface area (Å²) in [6.07, 6.45) is 0. The number of para-hydroxylation sites is 3. The summed E-state index contributed by atoms with van der Waals surface area (Å²) in [5.74, 6) is 0.771. The fraction of sp³-hybridized carbons (Fsp3) is 0.235. The molecule has 1 aromatic heterocycles. The predicted octanol–water partition coefficient (Wildman–Crippen LogP) is 4.06. The van der Waals surface area contributed by atoms with Crippen LogP contribution in [0, 0.1) is 0 Å². The van der Waals surface area contributed by atoms with Gasteiger partial charge in [0.15, 0.2) is 5.58 Å². The van der Waals surface area contributed by atoms with Crippen molar-refractivity contribution in [3.8, 4) is 5.75 Å². The molecule has 0 radical (unpaired) electrons. The largest absolute Gasteiger partial charge is 0.439 e. The second kappa shape index (κ2) is 6.75. The quantitative estimate of drug-likeness (QED) is 0.687. The lowest BCUT2D eigenvalue weighted by atomic mass is 10.2. The average molecular weight is 318 g/mol. The molecular formula is C17H16F2N2O2. The van der Waals surface area contributed by atoms with Crippen molar-refractivity contribution in [1.82, 2.24) is 9.88 Å². The molecule has 2 aromatic carbocycles. The molecule has 0 atom stereocenters. The van der Waals surface area contributed by atoms with Gasteiger partial charge in [0.1, 0.15) is 11.3 Å². The third-order valence-electron chi connectivity index (χ3n) is 3.37. The van der Waals surface area contributed by atoms with E-state index in [9.17, 15) is 8.78 Å². The fourth-order valence-corrected chi connectivity index (χ4v) is 2.41. The molecule has 120 valence electrons. The zero-order valence-corrected chi connectivity index (χ0v) is 12.6. The molecule has 1 heterocycles. The fourth-order valence-electron chi connectivity index (χ4n) is 2.41. The number of hydrogen-bond acceptors (Lipinski definition) is 4. The molecule has 0 bridgehead atoms. The standard InChI is InChI=1S/C17H16F2N2O2/c1-21(10-12-6-2-4-8-14(12)23-17(18)19)11-16-20-13-7-3-5-9-15(13)22-16/h2-9,17H,10-11H2,1H3. The van der Waals surface area contributed by atoms with Crippen LogP contribution in [0.2, 0.25) is 0 Å². The Kier molecular flexibility index (Phi) is 4.52. The van der Waals surface area contributed by atoms with E-state index in [1.165, 1.54) is 6.07 Å².